The molecule has 1 fully saturated rings. The highest BCUT2D eigenvalue weighted by atomic mass is 79.9. The monoisotopic (exact) mass is 650 g/mol. The molecule has 0 saturated carbocycles. The first-order valence-electron chi connectivity index (χ1n) is 12.6. The second kappa shape index (κ2) is 12.8. The normalized spacial score (nSPS) is 14.1. The number of carbonyl (C=O) groups is 3. The number of nitrogens with one attached hydrogen (secondary N) is 1. The first-order valence-corrected chi connectivity index (χ1v) is 14.6. The van der Waals surface area contributed by atoms with Crippen molar-refractivity contribution < 1.29 is 23.9 Å². The number of benzene rings is 4. The minimum Gasteiger partial charge on any atom is -0.491 e. The molecule has 4 aromatic rings. The van der Waals surface area contributed by atoms with Gasteiger partial charge >= 0.3 is 0 Å². The maximum absolute atomic E-state index is 13.0. The second-order valence-electron chi connectivity index (χ2n) is 9.15. The van der Waals surface area contributed by atoms with Gasteiger partial charge in [-0.3, -0.25) is 19.3 Å². The Kier molecular flexibility index (Phi) is 8.97. The topological polar surface area (TPSA) is 84.9 Å². The molecular formula is C31H24BrClN2O5S. The van der Waals surface area contributed by atoms with E-state index in [1.165, 1.54) is 4.90 Å². The van der Waals surface area contributed by atoms with Gasteiger partial charge in [-0.2, -0.15) is 0 Å². The molecule has 3 amide bonds. The van der Waals surface area contributed by atoms with Crippen molar-refractivity contribution in [3.05, 3.63) is 104 Å². The highest BCUT2D eigenvalue weighted by Crippen LogP contribution is 2.34. The molecule has 41 heavy (non-hydrogen) atoms. The molecule has 0 bridgehead atoms. The fraction of sp³-hybridized carbons (Fsp3) is 0.129. The summed E-state index contributed by atoms with van der Waals surface area (Å²) in [5.41, 5.74) is 2.19. The van der Waals surface area contributed by atoms with Crippen LogP contribution in [0.2, 0.25) is 5.02 Å². The lowest BCUT2D eigenvalue weighted by Crippen LogP contribution is -2.32. The fourth-order valence-electron chi connectivity index (χ4n) is 4.15. The summed E-state index contributed by atoms with van der Waals surface area (Å²) in [6.07, 6.45) is 1.65. The number of nitrogens with zero attached hydrogens (tertiary/aromatic N) is 1. The van der Waals surface area contributed by atoms with E-state index in [4.69, 9.17) is 21.1 Å². The van der Waals surface area contributed by atoms with Crippen LogP contribution in [0.3, 0.4) is 0 Å². The first-order chi connectivity index (χ1) is 19.8. The summed E-state index contributed by atoms with van der Waals surface area (Å²) in [7, 11) is 0. The second-order valence-corrected chi connectivity index (χ2v) is 11.4. The zero-order chi connectivity index (χ0) is 28.9. The van der Waals surface area contributed by atoms with Crippen LogP contribution in [-0.4, -0.2) is 41.7 Å². The molecule has 7 nitrogen and oxygen atoms in total. The van der Waals surface area contributed by atoms with Crippen molar-refractivity contribution in [3.63, 3.8) is 0 Å². The molecule has 0 aromatic heterocycles. The zero-order valence-electron chi connectivity index (χ0n) is 21.9. The number of ether oxygens (including phenoxy) is 2. The standard InChI is InChI=1S/C31H24BrClN2O5S/c1-19-9-11-22(17-25(19)33)34-29(36)18-40-27-12-10-20(15-24(27)32)16-28-30(37)35(31(38)41-28)13-14-39-26-8-4-6-21-5-2-3-7-23(21)26/h2-12,15-17H,13-14,18H2,1H3,(H,34,36)/b28-16-. The van der Waals surface area contributed by atoms with E-state index in [9.17, 15) is 14.4 Å². The molecule has 1 aliphatic rings. The van der Waals surface area contributed by atoms with Crippen molar-refractivity contribution in [3.8, 4) is 11.5 Å². The van der Waals surface area contributed by atoms with Gasteiger partial charge in [-0.05, 0) is 87.5 Å². The van der Waals surface area contributed by atoms with Gasteiger partial charge in [0.2, 0.25) is 0 Å². The summed E-state index contributed by atoms with van der Waals surface area (Å²) in [6.45, 7) is 2.00. The summed E-state index contributed by atoms with van der Waals surface area (Å²) >= 11 is 10.5. The number of thioether (sulfide) groups is 1. The predicted octanol–water partition coefficient (Wildman–Crippen LogP) is 7.70. The molecule has 0 aliphatic carbocycles. The SMILES string of the molecule is Cc1ccc(NC(=O)COc2ccc(/C=C3\SC(=O)N(CCOc4cccc5ccccc45)C3=O)cc2Br)cc1Cl. The van der Waals surface area contributed by atoms with Crippen LogP contribution in [0.5, 0.6) is 11.5 Å². The van der Waals surface area contributed by atoms with Gasteiger partial charge in [-0.25, -0.2) is 0 Å². The third-order valence-electron chi connectivity index (χ3n) is 6.26. The lowest BCUT2D eigenvalue weighted by atomic mass is 10.1. The third kappa shape index (κ3) is 6.93. The summed E-state index contributed by atoms with van der Waals surface area (Å²) in [5, 5.41) is 4.99. The zero-order valence-corrected chi connectivity index (χ0v) is 25.0. The fourth-order valence-corrected chi connectivity index (χ4v) is 5.70. The highest BCUT2D eigenvalue weighted by molar-refractivity contribution is 9.10. The molecule has 1 N–H and O–H groups in total. The quantitative estimate of drug-likeness (QED) is 0.187. The minimum absolute atomic E-state index is 0.137. The van der Waals surface area contributed by atoms with E-state index in [1.807, 2.05) is 55.5 Å². The first kappa shape index (κ1) is 28.7. The van der Waals surface area contributed by atoms with Crippen molar-refractivity contribution in [1.82, 2.24) is 4.90 Å². The smallest absolute Gasteiger partial charge is 0.293 e. The summed E-state index contributed by atoms with van der Waals surface area (Å²) in [6, 6.07) is 24.1. The van der Waals surface area contributed by atoms with Gasteiger partial charge in [0.05, 0.1) is 15.9 Å². The highest BCUT2D eigenvalue weighted by Gasteiger charge is 2.34. The number of anilines is 1. The molecular weight excluding hydrogens is 628 g/mol. The molecule has 0 unspecified atom stereocenters. The number of rotatable bonds is 9. The van der Waals surface area contributed by atoms with Crippen molar-refractivity contribution in [2.45, 2.75) is 6.92 Å². The van der Waals surface area contributed by atoms with Gasteiger partial charge in [0.25, 0.3) is 17.1 Å². The van der Waals surface area contributed by atoms with E-state index in [1.54, 1.807) is 36.4 Å². The van der Waals surface area contributed by atoms with Gasteiger partial charge in [-0.1, -0.05) is 60.1 Å². The van der Waals surface area contributed by atoms with Gasteiger partial charge in [0.1, 0.15) is 18.1 Å². The van der Waals surface area contributed by atoms with Crippen LogP contribution >= 0.6 is 39.3 Å². The largest absolute Gasteiger partial charge is 0.491 e. The van der Waals surface area contributed by atoms with E-state index in [0.29, 0.717) is 37.2 Å². The summed E-state index contributed by atoms with van der Waals surface area (Å²) in [5.74, 6) is 0.456. The summed E-state index contributed by atoms with van der Waals surface area (Å²) in [4.78, 5) is 39.4. The molecule has 208 valence electrons. The number of imide groups is 1. The maximum atomic E-state index is 13.0. The number of hydrogen-bond acceptors (Lipinski definition) is 6. The average molecular weight is 652 g/mol. The molecule has 4 aromatic carbocycles. The van der Waals surface area contributed by atoms with Crippen LogP contribution in [0.25, 0.3) is 16.8 Å². The predicted molar refractivity (Wildman–Crippen MR) is 167 cm³/mol. The summed E-state index contributed by atoms with van der Waals surface area (Å²) < 4.78 is 12.2. The molecule has 0 spiro atoms. The van der Waals surface area contributed by atoms with Crippen LogP contribution < -0.4 is 14.8 Å². The minimum atomic E-state index is -0.370. The number of fused-ring (bicyclic) bond motifs is 1. The Bertz CT molecular complexity index is 1690. The number of hydrogen-bond donors (Lipinski definition) is 1. The van der Waals surface area contributed by atoms with Crippen LogP contribution in [-0.2, 0) is 9.59 Å². The lowest BCUT2D eigenvalue weighted by Gasteiger charge is -2.14. The molecule has 1 aliphatic heterocycles. The number of carbonyl (C=O) groups excluding carboxylic acids is 3. The third-order valence-corrected chi connectivity index (χ3v) is 8.20. The molecule has 1 saturated heterocycles. The van der Waals surface area contributed by atoms with Gasteiger partial charge < -0.3 is 14.8 Å². The molecule has 0 radical (unpaired) electrons. The number of aryl methyl sites for hydroxylation is 1. The Labute approximate surface area is 254 Å². The lowest BCUT2D eigenvalue weighted by molar-refractivity contribution is -0.123. The Morgan fingerprint density at radius 2 is 1.80 bits per heavy atom. The van der Waals surface area contributed by atoms with Crippen LogP contribution in [0.15, 0.2) is 88.2 Å². The molecule has 1 heterocycles. The van der Waals surface area contributed by atoms with E-state index >= 15 is 0 Å². The Morgan fingerprint density at radius 1 is 1.00 bits per heavy atom. The molecule has 10 heteroatoms. The van der Waals surface area contributed by atoms with Crippen molar-refractivity contribution in [2.24, 2.45) is 0 Å². The Morgan fingerprint density at radius 3 is 2.61 bits per heavy atom. The maximum Gasteiger partial charge on any atom is 0.293 e. The molecule has 5 rings (SSSR count). The van der Waals surface area contributed by atoms with Crippen molar-refractivity contribution in [1.29, 1.82) is 0 Å². The van der Waals surface area contributed by atoms with Crippen molar-refractivity contribution in [2.75, 3.05) is 25.1 Å². The average Bonchev–Trinajstić information content (AvgIpc) is 3.22. The van der Waals surface area contributed by atoms with Crippen LogP contribution in [0.4, 0.5) is 10.5 Å². The van der Waals surface area contributed by atoms with Gasteiger partial charge in [0, 0.05) is 16.1 Å². The van der Waals surface area contributed by atoms with Crippen LogP contribution in [0.1, 0.15) is 11.1 Å². The molecule has 0 atom stereocenters. The number of halogens is 2. The van der Waals surface area contributed by atoms with Crippen LogP contribution in [0, 0.1) is 6.92 Å². The number of amides is 3. The Balaban J connectivity index is 1.16. The van der Waals surface area contributed by atoms with E-state index in [0.717, 1.165) is 28.1 Å². The van der Waals surface area contributed by atoms with Gasteiger partial charge in [-0.15, -0.1) is 0 Å². The van der Waals surface area contributed by atoms with E-state index in [2.05, 4.69) is 21.2 Å². The van der Waals surface area contributed by atoms with Crippen molar-refractivity contribution >= 4 is 78.9 Å². The van der Waals surface area contributed by atoms with Gasteiger partial charge in [0.15, 0.2) is 6.61 Å². The Hall–Kier alpha value is -3.79. The van der Waals surface area contributed by atoms with E-state index in [-0.39, 0.29) is 36.8 Å². The van der Waals surface area contributed by atoms with E-state index < -0.39 is 0 Å².